The van der Waals surface area contributed by atoms with Gasteiger partial charge in [-0.05, 0) is 18.2 Å². The zero-order valence-corrected chi connectivity index (χ0v) is 11.8. The fourth-order valence-corrected chi connectivity index (χ4v) is 2.50. The number of rotatable bonds is 2. The standard InChI is InChI=1S/C17H12N2O3/c1-21-12-6-7-13-15(20)9-17(22-16(13)8-12)19-14-5-3-2-4-11(14)10-18-19/h2-10H,1H3. The van der Waals surface area contributed by atoms with E-state index in [9.17, 15) is 4.79 Å². The Morgan fingerprint density at radius 1 is 1.14 bits per heavy atom. The van der Waals surface area contributed by atoms with E-state index < -0.39 is 0 Å². The lowest BCUT2D eigenvalue weighted by atomic mass is 10.2. The molecular formula is C17H12N2O3. The molecule has 2 heterocycles. The van der Waals surface area contributed by atoms with Gasteiger partial charge in [0.05, 0.1) is 24.2 Å². The molecule has 2 aromatic heterocycles. The number of fused-ring (bicyclic) bond motifs is 2. The van der Waals surface area contributed by atoms with Gasteiger partial charge in [-0.2, -0.15) is 9.78 Å². The predicted molar refractivity (Wildman–Crippen MR) is 83.7 cm³/mol. The van der Waals surface area contributed by atoms with Crippen molar-refractivity contribution in [2.75, 3.05) is 7.11 Å². The van der Waals surface area contributed by atoms with E-state index in [4.69, 9.17) is 9.15 Å². The number of aromatic nitrogens is 2. The van der Waals surface area contributed by atoms with Gasteiger partial charge in [-0.15, -0.1) is 0 Å². The summed E-state index contributed by atoms with van der Waals surface area (Å²) >= 11 is 0. The Kier molecular flexibility index (Phi) is 2.72. The van der Waals surface area contributed by atoms with Crippen molar-refractivity contribution in [1.82, 2.24) is 9.78 Å². The van der Waals surface area contributed by atoms with Crippen molar-refractivity contribution in [3.8, 4) is 11.6 Å². The summed E-state index contributed by atoms with van der Waals surface area (Å²) in [5, 5.41) is 5.81. The van der Waals surface area contributed by atoms with Crippen molar-refractivity contribution >= 4 is 21.9 Å². The maximum atomic E-state index is 12.3. The second kappa shape index (κ2) is 4.73. The fraction of sp³-hybridized carbons (Fsp3) is 0.0588. The molecule has 0 aliphatic rings. The van der Waals surface area contributed by atoms with E-state index in [0.717, 1.165) is 10.9 Å². The molecule has 0 N–H and O–H groups in total. The average Bonchev–Trinajstić information content (AvgIpc) is 2.98. The number of hydrogen-bond donors (Lipinski definition) is 0. The van der Waals surface area contributed by atoms with Crippen LogP contribution in [0.25, 0.3) is 27.8 Å². The highest BCUT2D eigenvalue weighted by Gasteiger charge is 2.10. The summed E-state index contributed by atoms with van der Waals surface area (Å²) in [6.07, 6.45) is 1.74. The molecule has 0 bridgehead atoms. The van der Waals surface area contributed by atoms with Gasteiger partial charge in [0, 0.05) is 17.5 Å². The molecule has 0 saturated carbocycles. The summed E-state index contributed by atoms with van der Waals surface area (Å²) in [6.45, 7) is 0. The van der Waals surface area contributed by atoms with Crippen LogP contribution in [0, 0.1) is 0 Å². The molecule has 0 atom stereocenters. The molecular weight excluding hydrogens is 280 g/mol. The quantitative estimate of drug-likeness (QED) is 0.569. The van der Waals surface area contributed by atoms with Gasteiger partial charge in [0.2, 0.25) is 5.88 Å². The number of nitrogens with zero attached hydrogens (tertiary/aromatic N) is 2. The van der Waals surface area contributed by atoms with E-state index in [0.29, 0.717) is 22.6 Å². The third-order valence-electron chi connectivity index (χ3n) is 3.61. The van der Waals surface area contributed by atoms with Crippen LogP contribution in [0.4, 0.5) is 0 Å². The highest BCUT2D eigenvalue weighted by Crippen LogP contribution is 2.23. The highest BCUT2D eigenvalue weighted by molar-refractivity contribution is 5.81. The molecule has 4 rings (SSSR count). The minimum Gasteiger partial charge on any atom is -0.497 e. The van der Waals surface area contributed by atoms with Gasteiger partial charge in [0.1, 0.15) is 11.3 Å². The maximum absolute atomic E-state index is 12.3. The molecule has 0 saturated heterocycles. The third kappa shape index (κ3) is 1.87. The summed E-state index contributed by atoms with van der Waals surface area (Å²) in [5.41, 5.74) is 1.24. The van der Waals surface area contributed by atoms with Crippen LogP contribution in [0.1, 0.15) is 0 Å². The van der Waals surface area contributed by atoms with E-state index in [1.807, 2.05) is 24.3 Å². The van der Waals surface area contributed by atoms with E-state index in [1.165, 1.54) is 6.07 Å². The number of para-hydroxylation sites is 1. The van der Waals surface area contributed by atoms with Crippen LogP contribution in [0.15, 0.2) is 63.9 Å². The summed E-state index contributed by atoms with van der Waals surface area (Å²) < 4.78 is 12.7. The van der Waals surface area contributed by atoms with Crippen LogP contribution in [-0.2, 0) is 0 Å². The van der Waals surface area contributed by atoms with Gasteiger partial charge in [-0.3, -0.25) is 4.79 Å². The second-order valence-corrected chi connectivity index (χ2v) is 4.93. The first-order chi connectivity index (χ1) is 10.8. The van der Waals surface area contributed by atoms with Crippen molar-refractivity contribution in [3.63, 3.8) is 0 Å². The lowest BCUT2D eigenvalue weighted by Gasteiger charge is -2.05. The molecule has 0 aliphatic heterocycles. The Balaban J connectivity index is 2.01. The molecule has 0 radical (unpaired) electrons. The third-order valence-corrected chi connectivity index (χ3v) is 3.61. The van der Waals surface area contributed by atoms with E-state index in [-0.39, 0.29) is 5.43 Å². The van der Waals surface area contributed by atoms with Crippen molar-refractivity contribution in [1.29, 1.82) is 0 Å². The highest BCUT2D eigenvalue weighted by atomic mass is 16.5. The average molecular weight is 292 g/mol. The number of hydrogen-bond acceptors (Lipinski definition) is 4. The van der Waals surface area contributed by atoms with Crippen LogP contribution >= 0.6 is 0 Å². The first-order valence-electron chi connectivity index (χ1n) is 6.81. The summed E-state index contributed by atoms with van der Waals surface area (Å²) in [5.74, 6) is 1.02. The molecule has 0 amide bonds. The van der Waals surface area contributed by atoms with Gasteiger partial charge < -0.3 is 9.15 Å². The zero-order chi connectivity index (χ0) is 15.1. The Morgan fingerprint density at radius 3 is 2.86 bits per heavy atom. The number of ether oxygens (including phenoxy) is 1. The van der Waals surface area contributed by atoms with Crippen LogP contribution in [0.2, 0.25) is 0 Å². The van der Waals surface area contributed by atoms with Crippen LogP contribution in [0.5, 0.6) is 5.75 Å². The fourth-order valence-electron chi connectivity index (χ4n) is 2.50. The number of methoxy groups -OCH3 is 1. The van der Waals surface area contributed by atoms with Crippen LogP contribution in [0.3, 0.4) is 0 Å². The van der Waals surface area contributed by atoms with E-state index in [1.54, 1.807) is 36.2 Å². The normalized spacial score (nSPS) is 11.1. The van der Waals surface area contributed by atoms with Gasteiger partial charge in [0.25, 0.3) is 0 Å². The van der Waals surface area contributed by atoms with Crippen molar-refractivity contribution in [2.24, 2.45) is 0 Å². The Morgan fingerprint density at radius 2 is 2.00 bits per heavy atom. The molecule has 5 nitrogen and oxygen atoms in total. The second-order valence-electron chi connectivity index (χ2n) is 4.93. The van der Waals surface area contributed by atoms with Crippen molar-refractivity contribution in [3.05, 3.63) is 65.0 Å². The minimum atomic E-state index is -0.113. The Labute approximate surface area is 125 Å². The largest absolute Gasteiger partial charge is 0.497 e. The van der Waals surface area contributed by atoms with Crippen LogP contribution < -0.4 is 10.2 Å². The van der Waals surface area contributed by atoms with Crippen molar-refractivity contribution < 1.29 is 9.15 Å². The SMILES string of the molecule is COc1ccc2c(=O)cc(-n3ncc4ccccc43)oc2c1. The monoisotopic (exact) mass is 292 g/mol. The summed E-state index contributed by atoms with van der Waals surface area (Å²) in [6, 6.07) is 14.3. The zero-order valence-electron chi connectivity index (χ0n) is 11.8. The van der Waals surface area contributed by atoms with Gasteiger partial charge in [-0.1, -0.05) is 18.2 Å². The maximum Gasteiger partial charge on any atom is 0.224 e. The number of benzene rings is 2. The first-order valence-corrected chi connectivity index (χ1v) is 6.81. The topological polar surface area (TPSA) is 57.3 Å². The molecule has 0 fully saturated rings. The molecule has 2 aromatic carbocycles. The minimum absolute atomic E-state index is 0.113. The Hall–Kier alpha value is -3.08. The molecule has 0 spiro atoms. The summed E-state index contributed by atoms with van der Waals surface area (Å²) in [7, 11) is 1.57. The van der Waals surface area contributed by atoms with Gasteiger partial charge in [-0.25, -0.2) is 0 Å². The lowest BCUT2D eigenvalue weighted by Crippen LogP contribution is -2.05. The van der Waals surface area contributed by atoms with E-state index in [2.05, 4.69) is 5.10 Å². The van der Waals surface area contributed by atoms with E-state index >= 15 is 0 Å². The van der Waals surface area contributed by atoms with Gasteiger partial charge >= 0.3 is 0 Å². The first kappa shape index (κ1) is 12.6. The molecule has 4 aromatic rings. The Bertz CT molecular complexity index is 1050. The molecule has 22 heavy (non-hydrogen) atoms. The van der Waals surface area contributed by atoms with Crippen LogP contribution in [-0.4, -0.2) is 16.9 Å². The summed E-state index contributed by atoms with van der Waals surface area (Å²) in [4.78, 5) is 12.3. The molecule has 5 heteroatoms. The predicted octanol–water partition coefficient (Wildman–Crippen LogP) is 3.14. The lowest BCUT2D eigenvalue weighted by molar-refractivity contribution is 0.414. The molecule has 108 valence electrons. The van der Waals surface area contributed by atoms with Crippen molar-refractivity contribution in [2.45, 2.75) is 0 Å². The smallest absolute Gasteiger partial charge is 0.224 e. The van der Waals surface area contributed by atoms with Gasteiger partial charge in [0.15, 0.2) is 5.43 Å². The molecule has 0 unspecified atom stereocenters. The molecule has 0 aliphatic carbocycles.